The van der Waals surface area contributed by atoms with Gasteiger partial charge in [0.15, 0.2) is 0 Å². The zero-order valence-corrected chi connectivity index (χ0v) is 12.4. The minimum Gasteiger partial charge on any atom is -0.467 e. The van der Waals surface area contributed by atoms with Crippen LogP contribution in [-0.4, -0.2) is 23.7 Å². The molecule has 0 radical (unpaired) electrons. The van der Waals surface area contributed by atoms with Crippen LogP contribution in [0.1, 0.15) is 29.0 Å². The van der Waals surface area contributed by atoms with Crippen LogP contribution in [0.15, 0.2) is 30.3 Å². The molecule has 0 saturated heterocycles. The van der Waals surface area contributed by atoms with Gasteiger partial charge in [0.05, 0.1) is 25.5 Å². The minimum absolute atomic E-state index is 0.206. The molecular formula is C15H16ClN3O2. The first-order valence-corrected chi connectivity index (χ1v) is 7.10. The number of aromatic nitrogens is 2. The molecule has 0 saturated carbocycles. The highest BCUT2D eigenvalue weighted by Crippen LogP contribution is 2.35. The molecule has 1 aliphatic rings. The van der Waals surface area contributed by atoms with Gasteiger partial charge in [-0.05, 0) is 23.6 Å². The summed E-state index contributed by atoms with van der Waals surface area (Å²) in [5, 5.41) is 0.302. The third kappa shape index (κ3) is 2.85. The zero-order valence-electron chi connectivity index (χ0n) is 11.6. The highest BCUT2D eigenvalue weighted by Gasteiger charge is 2.28. The Morgan fingerprint density at radius 2 is 2.19 bits per heavy atom. The molecule has 0 aliphatic carbocycles. The molecule has 0 fully saturated rings. The Morgan fingerprint density at radius 3 is 3.00 bits per heavy atom. The zero-order chi connectivity index (χ0) is 14.8. The molecule has 2 N–H and O–H groups in total. The monoisotopic (exact) mass is 305 g/mol. The van der Waals surface area contributed by atoms with Crippen LogP contribution in [0.5, 0.6) is 6.01 Å². The summed E-state index contributed by atoms with van der Waals surface area (Å²) in [6.07, 6.45) is 0.651. The molecule has 5 nitrogen and oxygen atoms in total. The molecule has 6 heteroatoms. The number of nitrogens with zero attached hydrogens (tertiary/aromatic N) is 2. The van der Waals surface area contributed by atoms with E-state index in [9.17, 15) is 0 Å². The van der Waals surface area contributed by atoms with Crippen LogP contribution in [-0.2, 0) is 11.2 Å². The third-order valence-corrected chi connectivity index (χ3v) is 3.77. The van der Waals surface area contributed by atoms with E-state index in [4.69, 9.17) is 26.8 Å². The first kappa shape index (κ1) is 14.3. The Morgan fingerprint density at radius 1 is 1.38 bits per heavy atom. The van der Waals surface area contributed by atoms with Gasteiger partial charge in [-0.1, -0.05) is 35.9 Å². The predicted octanol–water partition coefficient (Wildman–Crippen LogP) is 2.45. The van der Waals surface area contributed by atoms with Crippen LogP contribution in [0.3, 0.4) is 0 Å². The van der Waals surface area contributed by atoms with Crippen LogP contribution in [0.4, 0.5) is 0 Å². The smallest absolute Gasteiger partial charge is 0.317 e. The lowest BCUT2D eigenvalue weighted by Gasteiger charge is -2.30. The fourth-order valence-corrected chi connectivity index (χ4v) is 2.74. The maximum atomic E-state index is 6.35. The molecule has 1 aromatic heterocycles. The van der Waals surface area contributed by atoms with Crippen LogP contribution in [0.2, 0.25) is 5.15 Å². The van der Waals surface area contributed by atoms with Crippen LogP contribution in [0, 0.1) is 0 Å². The minimum atomic E-state index is -0.430. The summed E-state index contributed by atoms with van der Waals surface area (Å²) in [6, 6.07) is 9.58. The number of fused-ring (bicyclic) bond motifs is 1. The molecular weight excluding hydrogens is 290 g/mol. The van der Waals surface area contributed by atoms with Gasteiger partial charge >= 0.3 is 6.01 Å². The maximum absolute atomic E-state index is 6.35. The van der Waals surface area contributed by atoms with Gasteiger partial charge in [-0.3, -0.25) is 0 Å². The van der Waals surface area contributed by atoms with Crippen molar-refractivity contribution in [1.29, 1.82) is 0 Å². The second kappa shape index (κ2) is 5.97. The summed E-state index contributed by atoms with van der Waals surface area (Å²) in [7, 11) is 1.49. The van der Waals surface area contributed by atoms with Crippen molar-refractivity contribution in [3.63, 3.8) is 0 Å². The molecule has 0 amide bonds. The van der Waals surface area contributed by atoms with Crippen molar-refractivity contribution in [2.24, 2.45) is 5.73 Å². The normalized spacial score (nSPS) is 18.9. The molecule has 1 aliphatic heterocycles. The van der Waals surface area contributed by atoms with Gasteiger partial charge in [0, 0.05) is 0 Å². The maximum Gasteiger partial charge on any atom is 0.317 e. The first-order chi connectivity index (χ1) is 10.2. The molecule has 110 valence electrons. The number of benzene rings is 1. The lowest BCUT2D eigenvalue weighted by molar-refractivity contribution is 0.0231. The van der Waals surface area contributed by atoms with E-state index in [1.165, 1.54) is 12.7 Å². The van der Waals surface area contributed by atoms with E-state index in [0.29, 0.717) is 17.5 Å². The van der Waals surface area contributed by atoms with Crippen molar-refractivity contribution in [3.05, 3.63) is 52.3 Å². The van der Waals surface area contributed by atoms with E-state index in [2.05, 4.69) is 16.0 Å². The predicted molar refractivity (Wildman–Crippen MR) is 79.4 cm³/mol. The van der Waals surface area contributed by atoms with Gasteiger partial charge in [0.25, 0.3) is 0 Å². The Hall–Kier alpha value is -1.69. The van der Waals surface area contributed by atoms with Gasteiger partial charge in [0.1, 0.15) is 11.3 Å². The Balaban J connectivity index is 1.96. The highest BCUT2D eigenvalue weighted by atomic mass is 35.5. The summed E-state index contributed by atoms with van der Waals surface area (Å²) < 4.78 is 10.9. The van der Waals surface area contributed by atoms with Crippen molar-refractivity contribution in [1.82, 2.24) is 9.97 Å². The van der Waals surface area contributed by atoms with E-state index in [0.717, 1.165) is 12.0 Å². The van der Waals surface area contributed by atoms with Crippen molar-refractivity contribution in [2.75, 3.05) is 13.7 Å². The van der Waals surface area contributed by atoms with E-state index < -0.39 is 6.04 Å². The van der Waals surface area contributed by atoms with Crippen molar-refractivity contribution < 1.29 is 9.47 Å². The number of hydrogen-bond donors (Lipinski definition) is 1. The summed E-state index contributed by atoms with van der Waals surface area (Å²) in [6.45, 7) is 0.644. The number of ether oxygens (including phenoxy) is 2. The average molecular weight is 306 g/mol. The molecule has 0 spiro atoms. The van der Waals surface area contributed by atoms with E-state index in [1.54, 1.807) is 6.07 Å². The van der Waals surface area contributed by atoms with Crippen LogP contribution in [0.25, 0.3) is 0 Å². The van der Waals surface area contributed by atoms with Gasteiger partial charge in [-0.2, -0.15) is 9.97 Å². The van der Waals surface area contributed by atoms with Crippen molar-refractivity contribution >= 4 is 11.6 Å². The van der Waals surface area contributed by atoms with Gasteiger partial charge < -0.3 is 15.2 Å². The van der Waals surface area contributed by atoms with E-state index >= 15 is 0 Å². The number of hydrogen-bond acceptors (Lipinski definition) is 5. The lowest BCUT2D eigenvalue weighted by Crippen LogP contribution is -2.28. The van der Waals surface area contributed by atoms with Crippen molar-refractivity contribution in [2.45, 2.75) is 18.6 Å². The molecule has 2 heterocycles. The van der Waals surface area contributed by atoms with Crippen LogP contribution >= 0.6 is 11.6 Å². The molecule has 21 heavy (non-hydrogen) atoms. The standard InChI is InChI=1S/C15H16ClN3O2/c1-20-15-18-11(8-12(16)19-15)13(17)14-10-5-3-2-4-9(10)6-7-21-14/h2-5,8,13-14H,6-7,17H2,1H3. The molecule has 0 bridgehead atoms. The van der Waals surface area contributed by atoms with Crippen molar-refractivity contribution in [3.8, 4) is 6.01 Å². The number of halogens is 1. The van der Waals surface area contributed by atoms with Gasteiger partial charge in [0.2, 0.25) is 0 Å². The molecule has 3 rings (SSSR count). The lowest BCUT2D eigenvalue weighted by atomic mass is 9.92. The second-order valence-electron chi connectivity index (χ2n) is 4.87. The molecule has 1 aromatic carbocycles. The highest BCUT2D eigenvalue weighted by molar-refractivity contribution is 6.29. The SMILES string of the molecule is COc1nc(Cl)cc(C(N)C2OCCc3ccccc32)n1. The fourth-order valence-electron chi connectivity index (χ4n) is 2.55. The molecule has 2 unspecified atom stereocenters. The molecule has 2 atom stereocenters. The number of nitrogens with two attached hydrogens (primary N) is 1. The molecule has 2 aromatic rings. The first-order valence-electron chi connectivity index (χ1n) is 6.72. The van der Waals surface area contributed by atoms with E-state index in [-0.39, 0.29) is 12.1 Å². The quantitative estimate of drug-likeness (QED) is 0.882. The largest absolute Gasteiger partial charge is 0.467 e. The Kier molecular flexibility index (Phi) is 4.05. The summed E-state index contributed by atoms with van der Waals surface area (Å²) in [5.41, 5.74) is 9.32. The topological polar surface area (TPSA) is 70.3 Å². The summed E-state index contributed by atoms with van der Waals surface area (Å²) >= 11 is 5.98. The summed E-state index contributed by atoms with van der Waals surface area (Å²) in [4.78, 5) is 8.24. The second-order valence-corrected chi connectivity index (χ2v) is 5.26. The fraction of sp³-hybridized carbons (Fsp3) is 0.333. The van der Waals surface area contributed by atoms with Gasteiger partial charge in [-0.25, -0.2) is 0 Å². The number of methoxy groups -OCH3 is 1. The van der Waals surface area contributed by atoms with Gasteiger partial charge in [-0.15, -0.1) is 0 Å². The van der Waals surface area contributed by atoms with Crippen LogP contribution < -0.4 is 10.5 Å². The number of rotatable bonds is 3. The Labute approximate surface area is 128 Å². The Bertz CT molecular complexity index is 651. The third-order valence-electron chi connectivity index (χ3n) is 3.57. The van der Waals surface area contributed by atoms with E-state index in [1.807, 2.05) is 18.2 Å². The average Bonchev–Trinajstić information content (AvgIpc) is 2.53. The summed E-state index contributed by atoms with van der Waals surface area (Å²) in [5.74, 6) is 0.